The first-order valence-corrected chi connectivity index (χ1v) is 27.6. The minimum atomic E-state index is -0.589. The van der Waals surface area contributed by atoms with Crippen LogP contribution in [0.4, 0.5) is 0 Å². The maximum Gasteiger partial charge on any atom is 0.312 e. The lowest BCUT2D eigenvalue weighted by Gasteiger charge is -2.73. The van der Waals surface area contributed by atoms with Crippen LogP contribution in [0.5, 0.6) is 0 Å². The minimum Gasteiger partial charge on any atom is -0.481 e. The first-order chi connectivity index (χ1) is 30.2. The molecule has 0 amide bonds. The van der Waals surface area contributed by atoms with Crippen LogP contribution in [0.15, 0.2) is 24.3 Å². The Balaban J connectivity index is 0.907. The Labute approximate surface area is 396 Å². The molecule has 0 aliphatic heterocycles. The zero-order valence-corrected chi connectivity index (χ0v) is 43.6. The summed E-state index contributed by atoms with van der Waals surface area (Å²) in [7, 11) is 0. The van der Waals surface area contributed by atoms with Crippen LogP contribution in [0.1, 0.15) is 212 Å². The standard InChI is InChI=1S/C60H94O5/c1-35(2)37-19-29-59(49(62)63)33-31-55(11)39(47(37)59)15-17-44-54(10)26-24-46(52(7,8)42(54)22-28-58(44,55)14)65-50(64)60-30-20-38(36(3)4)48(60)40-16-18-43-53(9)25-23-45(61)51(5,6)41(53)21-27-57(43,13)56(40,12)32-34-60/h37-48,61H,1,3,15-34H2,2,4-14H3,(H,62,63)/t37-,38-,39+,40+,41-,42-,43?,44+,45?,46-,47+,48+,53-,54-,55+,56+,57+,58+,59-,60-/m0/s1. The highest BCUT2D eigenvalue weighted by Gasteiger charge is 2.75. The fourth-order valence-electron chi connectivity index (χ4n) is 23.4. The van der Waals surface area contributed by atoms with Gasteiger partial charge in [0.1, 0.15) is 6.10 Å². The van der Waals surface area contributed by atoms with E-state index in [0.29, 0.717) is 53.3 Å². The summed E-state index contributed by atoms with van der Waals surface area (Å²) in [5.74, 6) is 3.93. The van der Waals surface area contributed by atoms with Gasteiger partial charge < -0.3 is 14.9 Å². The Morgan fingerprint density at radius 3 is 1.42 bits per heavy atom. The number of hydrogen-bond acceptors (Lipinski definition) is 4. The van der Waals surface area contributed by atoms with Crippen LogP contribution in [0.2, 0.25) is 0 Å². The molecule has 364 valence electrons. The Morgan fingerprint density at radius 2 is 0.923 bits per heavy atom. The van der Waals surface area contributed by atoms with Crippen LogP contribution in [0.3, 0.4) is 0 Å². The molecule has 10 rings (SSSR count). The molecule has 10 aliphatic rings. The molecule has 0 saturated heterocycles. The van der Waals surface area contributed by atoms with Gasteiger partial charge in [-0.05, 0) is 239 Å². The summed E-state index contributed by atoms with van der Waals surface area (Å²) >= 11 is 0. The van der Waals surface area contributed by atoms with Crippen molar-refractivity contribution < 1.29 is 24.5 Å². The number of aliphatic hydroxyl groups excluding tert-OH is 1. The molecule has 10 saturated carbocycles. The Morgan fingerprint density at radius 1 is 0.477 bits per heavy atom. The summed E-state index contributed by atoms with van der Waals surface area (Å²) in [6.45, 7) is 39.1. The summed E-state index contributed by atoms with van der Waals surface area (Å²) in [4.78, 5) is 28.9. The maximum absolute atomic E-state index is 15.6. The van der Waals surface area contributed by atoms with Gasteiger partial charge in [-0.2, -0.15) is 0 Å². The SMILES string of the molecule is C=C(C)[C@@H]1CC[C@]2(C(=O)O[C@H]3CC[C@]4(C)[C@H]5CC[C@@H]6[C@H]7[C@H](C(=C)C)CC[C@]7(C(=O)O)CC[C@@]6(C)[C@]5(C)CC[C@H]4C3(C)C)CC[C@]3(C)[C@H](CCC4[C@@]5(C)CCC(O)C(C)(C)[C@@H]5CC[C@]43C)[C@@H]12. The second-order valence-corrected chi connectivity index (χ2v) is 29.1. The zero-order valence-electron chi connectivity index (χ0n) is 43.6. The number of carboxylic acid groups (broad SMARTS) is 1. The zero-order chi connectivity index (χ0) is 47.1. The molecule has 0 heterocycles. The normalized spacial score (nSPS) is 55.9. The van der Waals surface area contributed by atoms with E-state index in [1.165, 1.54) is 49.7 Å². The lowest BCUT2D eigenvalue weighted by atomic mass is 9.32. The van der Waals surface area contributed by atoms with Gasteiger partial charge in [-0.15, -0.1) is 0 Å². The largest absolute Gasteiger partial charge is 0.481 e. The van der Waals surface area contributed by atoms with E-state index >= 15 is 4.79 Å². The third kappa shape index (κ3) is 5.66. The number of esters is 1. The van der Waals surface area contributed by atoms with Crippen molar-refractivity contribution >= 4 is 11.9 Å². The van der Waals surface area contributed by atoms with E-state index in [1.54, 1.807) is 0 Å². The van der Waals surface area contributed by atoms with E-state index in [-0.39, 0.29) is 67.4 Å². The van der Waals surface area contributed by atoms with Gasteiger partial charge in [-0.1, -0.05) is 93.5 Å². The monoisotopic (exact) mass is 895 g/mol. The van der Waals surface area contributed by atoms with Crippen molar-refractivity contribution in [3.63, 3.8) is 0 Å². The molecule has 0 aromatic rings. The maximum atomic E-state index is 15.6. The van der Waals surface area contributed by atoms with Gasteiger partial charge in [0, 0.05) is 5.41 Å². The molecule has 0 radical (unpaired) electrons. The van der Waals surface area contributed by atoms with Crippen LogP contribution in [-0.2, 0) is 14.3 Å². The molecule has 10 fully saturated rings. The van der Waals surface area contributed by atoms with E-state index in [9.17, 15) is 15.0 Å². The van der Waals surface area contributed by atoms with E-state index < -0.39 is 16.8 Å². The number of carbonyl (C=O) groups excluding carboxylic acids is 1. The molecule has 2 unspecified atom stereocenters. The van der Waals surface area contributed by atoms with Gasteiger partial charge in [-0.25, -0.2) is 0 Å². The summed E-state index contributed by atoms with van der Waals surface area (Å²) in [5, 5.41) is 22.2. The van der Waals surface area contributed by atoms with Gasteiger partial charge in [0.25, 0.3) is 0 Å². The van der Waals surface area contributed by atoms with Crippen molar-refractivity contribution in [3.05, 3.63) is 24.3 Å². The predicted molar refractivity (Wildman–Crippen MR) is 261 cm³/mol. The highest BCUT2D eigenvalue weighted by Crippen LogP contribution is 2.80. The van der Waals surface area contributed by atoms with Crippen molar-refractivity contribution in [1.29, 1.82) is 0 Å². The molecule has 0 aromatic carbocycles. The number of allylic oxidation sites excluding steroid dienone is 2. The van der Waals surface area contributed by atoms with Gasteiger partial charge >= 0.3 is 11.9 Å². The van der Waals surface area contributed by atoms with Crippen LogP contribution in [0, 0.1) is 113 Å². The molecular formula is C60H94O5. The van der Waals surface area contributed by atoms with E-state index in [1.807, 2.05) is 0 Å². The van der Waals surface area contributed by atoms with Gasteiger partial charge in [0.15, 0.2) is 0 Å². The molecular weight excluding hydrogens is 801 g/mol. The molecule has 65 heavy (non-hydrogen) atoms. The predicted octanol–water partition coefficient (Wildman–Crippen LogP) is 14.7. The van der Waals surface area contributed by atoms with Crippen molar-refractivity contribution in [3.8, 4) is 0 Å². The number of rotatable bonds is 5. The minimum absolute atomic E-state index is 0.0516. The molecule has 5 heteroatoms. The summed E-state index contributed by atoms with van der Waals surface area (Å²) in [6, 6.07) is 0. The average Bonchev–Trinajstić information content (AvgIpc) is 3.83. The quantitative estimate of drug-likeness (QED) is 0.212. The summed E-state index contributed by atoms with van der Waals surface area (Å²) < 4.78 is 7.26. The van der Waals surface area contributed by atoms with Crippen LogP contribution in [-0.4, -0.2) is 34.4 Å². The summed E-state index contributed by atoms with van der Waals surface area (Å²) in [5.41, 5.74) is 2.28. The average molecular weight is 895 g/mol. The van der Waals surface area contributed by atoms with Gasteiger partial charge in [0.2, 0.25) is 0 Å². The van der Waals surface area contributed by atoms with Gasteiger partial charge in [-0.3, -0.25) is 9.59 Å². The summed E-state index contributed by atoms with van der Waals surface area (Å²) in [6.07, 6.45) is 21.1. The first-order valence-electron chi connectivity index (χ1n) is 27.6. The fraction of sp³-hybridized carbons (Fsp3) is 0.900. The lowest BCUT2D eigenvalue weighted by molar-refractivity contribution is -0.258. The van der Waals surface area contributed by atoms with E-state index in [4.69, 9.17) is 4.74 Å². The third-order valence-electron chi connectivity index (χ3n) is 27.1. The Hall–Kier alpha value is -1.62. The number of fused-ring (bicyclic) bond motifs is 14. The fourth-order valence-corrected chi connectivity index (χ4v) is 23.4. The van der Waals surface area contributed by atoms with Gasteiger partial charge in [0.05, 0.1) is 16.9 Å². The van der Waals surface area contributed by atoms with Crippen molar-refractivity contribution in [2.75, 3.05) is 0 Å². The topological polar surface area (TPSA) is 83.8 Å². The smallest absolute Gasteiger partial charge is 0.312 e. The van der Waals surface area contributed by atoms with Crippen molar-refractivity contribution in [1.82, 2.24) is 0 Å². The molecule has 20 atom stereocenters. The molecule has 0 aromatic heterocycles. The third-order valence-corrected chi connectivity index (χ3v) is 27.1. The molecule has 2 N–H and O–H groups in total. The Kier molecular flexibility index (Phi) is 10.5. The number of hydrogen-bond donors (Lipinski definition) is 2. The van der Waals surface area contributed by atoms with Crippen LogP contribution in [0.25, 0.3) is 0 Å². The van der Waals surface area contributed by atoms with Crippen molar-refractivity contribution in [2.45, 2.75) is 224 Å². The lowest BCUT2D eigenvalue weighted by Crippen LogP contribution is -2.67. The Bertz CT molecular complexity index is 2010. The highest BCUT2D eigenvalue weighted by atomic mass is 16.5. The highest BCUT2D eigenvalue weighted by molar-refractivity contribution is 5.79. The second kappa shape index (κ2) is 14.5. The number of carbonyl (C=O) groups is 2. The van der Waals surface area contributed by atoms with Crippen LogP contribution < -0.4 is 0 Å². The number of aliphatic carboxylic acids is 1. The number of ether oxygens (including phenoxy) is 1. The molecule has 10 aliphatic carbocycles. The molecule has 0 spiro atoms. The first kappa shape index (κ1) is 47.1. The van der Waals surface area contributed by atoms with Crippen LogP contribution >= 0.6 is 0 Å². The number of aliphatic hydroxyl groups is 1. The molecule has 5 nitrogen and oxygen atoms in total. The van der Waals surface area contributed by atoms with E-state index in [2.05, 4.69) is 96.2 Å². The van der Waals surface area contributed by atoms with Crippen molar-refractivity contribution in [2.24, 2.45) is 113 Å². The molecule has 0 bridgehead atoms. The van der Waals surface area contributed by atoms with E-state index in [0.717, 1.165) is 89.9 Å². The number of carboxylic acids is 1. The second-order valence-electron chi connectivity index (χ2n) is 29.1.